The molecule has 0 spiro atoms. The zero-order valence-corrected chi connectivity index (χ0v) is 15.0. The van der Waals surface area contributed by atoms with E-state index in [2.05, 4.69) is 41.8 Å². The number of nitrogens with one attached hydrogen (secondary N) is 1. The van der Waals surface area contributed by atoms with Crippen LogP contribution in [0.25, 0.3) is 0 Å². The first-order valence-electron chi connectivity index (χ1n) is 5.96. The van der Waals surface area contributed by atoms with E-state index in [1.54, 1.807) is 19.1 Å². The highest BCUT2D eigenvalue weighted by Gasteiger charge is 2.12. The van der Waals surface area contributed by atoms with Gasteiger partial charge in [-0.05, 0) is 48.9 Å². The second-order valence-electron chi connectivity index (χ2n) is 4.26. The summed E-state index contributed by atoms with van der Waals surface area (Å²) in [4.78, 5) is 2.41. The van der Waals surface area contributed by atoms with Crippen molar-refractivity contribution >= 4 is 47.6 Å². The molecule has 0 unspecified atom stereocenters. The van der Waals surface area contributed by atoms with E-state index in [0.29, 0.717) is 5.71 Å². The summed E-state index contributed by atoms with van der Waals surface area (Å²) in [6.07, 6.45) is 0. The predicted molar refractivity (Wildman–Crippen MR) is 90.8 cm³/mol. The molecule has 0 aliphatic heterocycles. The summed E-state index contributed by atoms with van der Waals surface area (Å²) in [6.45, 7) is 1.74. The van der Waals surface area contributed by atoms with Gasteiger partial charge in [-0.1, -0.05) is 44.0 Å². The minimum atomic E-state index is -3.66. The summed E-state index contributed by atoms with van der Waals surface area (Å²) in [5, 5.41) is 3.95. The highest BCUT2D eigenvalue weighted by atomic mass is 79.9. The minimum Gasteiger partial charge on any atom is -0.200 e. The molecule has 0 aromatic heterocycles. The van der Waals surface area contributed by atoms with Crippen LogP contribution in [-0.2, 0) is 10.0 Å². The van der Waals surface area contributed by atoms with E-state index >= 15 is 0 Å². The van der Waals surface area contributed by atoms with Crippen LogP contribution in [0.4, 0.5) is 0 Å². The third kappa shape index (κ3) is 4.39. The fourth-order valence-corrected chi connectivity index (χ4v) is 3.09. The topological polar surface area (TPSA) is 58.5 Å². The van der Waals surface area contributed by atoms with Gasteiger partial charge in [0.1, 0.15) is 0 Å². The molecule has 0 atom stereocenters. The molecule has 2 aromatic rings. The van der Waals surface area contributed by atoms with E-state index < -0.39 is 10.0 Å². The van der Waals surface area contributed by atoms with Crippen LogP contribution in [0.3, 0.4) is 0 Å². The first kappa shape index (κ1) is 16.2. The quantitative estimate of drug-likeness (QED) is 0.589. The number of nitrogens with zero attached hydrogens (tertiary/aromatic N) is 1. The van der Waals surface area contributed by atoms with Gasteiger partial charge in [0.2, 0.25) is 0 Å². The molecule has 21 heavy (non-hydrogen) atoms. The second-order valence-corrected chi connectivity index (χ2v) is 7.75. The fraction of sp³-hybridized carbons (Fsp3) is 0.0714. The molecule has 0 heterocycles. The van der Waals surface area contributed by atoms with E-state index in [9.17, 15) is 8.42 Å². The standard InChI is InChI=1S/C14H12Br2N2O2S/c1-10(11-3-2-4-13(16)9-11)17-18-21(19,20)14-7-5-12(15)6-8-14/h2-9,18H,1H3. The van der Waals surface area contributed by atoms with Crippen molar-refractivity contribution in [2.45, 2.75) is 11.8 Å². The lowest BCUT2D eigenvalue weighted by atomic mass is 10.1. The summed E-state index contributed by atoms with van der Waals surface area (Å²) >= 11 is 6.63. The van der Waals surface area contributed by atoms with Crippen LogP contribution in [0.1, 0.15) is 12.5 Å². The van der Waals surface area contributed by atoms with Crippen LogP contribution >= 0.6 is 31.9 Å². The predicted octanol–water partition coefficient (Wildman–Crippen LogP) is 3.91. The maximum absolute atomic E-state index is 12.1. The Morgan fingerprint density at radius 3 is 2.33 bits per heavy atom. The van der Waals surface area contributed by atoms with Crippen molar-refractivity contribution in [1.82, 2.24) is 4.83 Å². The monoisotopic (exact) mass is 430 g/mol. The highest BCUT2D eigenvalue weighted by Crippen LogP contribution is 2.15. The van der Waals surface area contributed by atoms with Crippen LogP contribution in [0.15, 0.2) is 67.5 Å². The molecule has 0 bridgehead atoms. The van der Waals surface area contributed by atoms with Crippen molar-refractivity contribution in [3.63, 3.8) is 0 Å². The van der Waals surface area contributed by atoms with Gasteiger partial charge in [-0.2, -0.15) is 18.4 Å². The third-order valence-electron chi connectivity index (χ3n) is 2.70. The number of sulfonamides is 1. The smallest absolute Gasteiger partial charge is 0.200 e. The van der Waals surface area contributed by atoms with E-state index in [4.69, 9.17) is 0 Å². The van der Waals surface area contributed by atoms with E-state index in [0.717, 1.165) is 14.5 Å². The molecule has 0 aliphatic carbocycles. The Morgan fingerprint density at radius 1 is 1.05 bits per heavy atom. The maximum Gasteiger partial charge on any atom is 0.276 e. The molecular formula is C14H12Br2N2O2S. The largest absolute Gasteiger partial charge is 0.276 e. The van der Waals surface area contributed by atoms with Crippen molar-refractivity contribution in [3.8, 4) is 0 Å². The average molecular weight is 432 g/mol. The molecule has 7 heteroatoms. The molecular weight excluding hydrogens is 420 g/mol. The number of hydrogen-bond acceptors (Lipinski definition) is 3. The molecule has 0 radical (unpaired) electrons. The normalized spacial score (nSPS) is 12.2. The molecule has 2 rings (SSSR count). The van der Waals surface area contributed by atoms with Crippen LogP contribution in [0.2, 0.25) is 0 Å². The Morgan fingerprint density at radius 2 is 1.71 bits per heavy atom. The molecule has 2 aromatic carbocycles. The van der Waals surface area contributed by atoms with Crippen molar-refractivity contribution in [1.29, 1.82) is 0 Å². The average Bonchev–Trinajstić information content (AvgIpc) is 2.45. The Balaban J connectivity index is 2.21. The second kappa shape index (κ2) is 6.72. The summed E-state index contributed by atoms with van der Waals surface area (Å²) in [5.41, 5.74) is 1.42. The number of hydrazone groups is 1. The number of rotatable bonds is 4. The van der Waals surface area contributed by atoms with Gasteiger partial charge in [-0.15, -0.1) is 0 Å². The molecule has 0 saturated carbocycles. The van der Waals surface area contributed by atoms with E-state index in [1.165, 1.54) is 12.1 Å². The van der Waals surface area contributed by atoms with E-state index in [1.807, 2.05) is 24.3 Å². The fourth-order valence-electron chi connectivity index (χ4n) is 1.57. The van der Waals surface area contributed by atoms with Gasteiger partial charge in [0.05, 0.1) is 10.6 Å². The van der Waals surface area contributed by atoms with Crippen molar-refractivity contribution in [2.24, 2.45) is 5.10 Å². The van der Waals surface area contributed by atoms with Gasteiger partial charge in [0.25, 0.3) is 10.0 Å². The lowest BCUT2D eigenvalue weighted by molar-refractivity contribution is 0.584. The molecule has 0 saturated heterocycles. The lowest BCUT2D eigenvalue weighted by Crippen LogP contribution is -2.19. The molecule has 0 aliphatic rings. The molecule has 110 valence electrons. The first-order chi connectivity index (χ1) is 9.88. The number of hydrogen-bond donors (Lipinski definition) is 1. The Labute approximate surface area is 140 Å². The molecule has 0 amide bonds. The SMILES string of the molecule is CC(=NNS(=O)(=O)c1ccc(Br)cc1)c1cccc(Br)c1. The van der Waals surface area contributed by atoms with Gasteiger partial charge in [0, 0.05) is 8.95 Å². The van der Waals surface area contributed by atoms with Crippen LogP contribution < -0.4 is 4.83 Å². The van der Waals surface area contributed by atoms with Crippen LogP contribution in [0.5, 0.6) is 0 Å². The Bertz CT molecular complexity index is 772. The van der Waals surface area contributed by atoms with Gasteiger partial charge >= 0.3 is 0 Å². The van der Waals surface area contributed by atoms with Gasteiger partial charge < -0.3 is 0 Å². The zero-order chi connectivity index (χ0) is 15.5. The molecule has 1 N–H and O–H groups in total. The Hall–Kier alpha value is -1.18. The number of halogens is 2. The van der Waals surface area contributed by atoms with Gasteiger partial charge in [-0.3, -0.25) is 0 Å². The summed E-state index contributed by atoms with van der Waals surface area (Å²) in [6, 6.07) is 13.8. The van der Waals surface area contributed by atoms with Crippen LogP contribution in [0, 0.1) is 0 Å². The first-order valence-corrected chi connectivity index (χ1v) is 9.03. The van der Waals surface area contributed by atoms with Gasteiger partial charge in [-0.25, -0.2) is 0 Å². The molecule has 4 nitrogen and oxygen atoms in total. The van der Waals surface area contributed by atoms with Gasteiger partial charge in [0.15, 0.2) is 0 Å². The molecule has 0 fully saturated rings. The third-order valence-corrected chi connectivity index (χ3v) is 4.95. The lowest BCUT2D eigenvalue weighted by Gasteiger charge is -2.06. The van der Waals surface area contributed by atoms with E-state index in [-0.39, 0.29) is 4.90 Å². The summed E-state index contributed by atoms with van der Waals surface area (Å²) in [5.74, 6) is 0. The maximum atomic E-state index is 12.1. The summed E-state index contributed by atoms with van der Waals surface area (Å²) in [7, 11) is -3.66. The Kier molecular flexibility index (Phi) is 5.18. The van der Waals surface area contributed by atoms with Crippen molar-refractivity contribution in [2.75, 3.05) is 0 Å². The number of benzene rings is 2. The zero-order valence-electron chi connectivity index (χ0n) is 11.0. The van der Waals surface area contributed by atoms with Crippen LogP contribution in [-0.4, -0.2) is 14.1 Å². The summed E-state index contributed by atoms with van der Waals surface area (Å²) < 4.78 is 25.9. The minimum absolute atomic E-state index is 0.163. The van der Waals surface area contributed by atoms with Crippen molar-refractivity contribution < 1.29 is 8.42 Å². The highest BCUT2D eigenvalue weighted by molar-refractivity contribution is 9.10. The van der Waals surface area contributed by atoms with Crippen molar-refractivity contribution in [3.05, 3.63) is 63.0 Å².